The van der Waals surface area contributed by atoms with E-state index < -0.39 is 12.1 Å². The Kier molecular flexibility index (Phi) is 4.01. The first kappa shape index (κ1) is 12.2. The Bertz CT molecular complexity index is 388. The van der Waals surface area contributed by atoms with Gasteiger partial charge in [-0.15, -0.1) is 0 Å². The van der Waals surface area contributed by atoms with Crippen LogP contribution in [0.25, 0.3) is 0 Å². The average molecular weight is 227 g/mol. The predicted octanol–water partition coefficient (Wildman–Crippen LogP) is -1.01. The number of aliphatic hydroxyl groups excluding tert-OH is 1. The molecular formula is C9H13N3O4. The van der Waals surface area contributed by atoms with Crippen LogP contribution in [-0.2, 0) is 11.8 Å². The molecule has 0 aliphatic rings. The molecular weight excluding hydrogens is 214 g/mol. The molecule has 1 amide bonds. The second-order valence-corrected chi connectivity index (χ2v) is 3.30. The number of carbonyl (C=O) groups excluding carboxylic acids is 1. The van der Waals surface area contributed by atoms with Gasteiger partial charge in [-0.2, -0.15) is 5.10 Å². The van der Waals surface area contributed by atoms with E-state index in [2.05, 4.69) is 10.4 Å². The Hall–Kier alpha value is -1.89. The number of aryl methyl sites for hydroxylation is 1. The van der Waals surface area contributed by atoms with Crippen LogP contribution in [0.3, 0.4) is 0 Å². The number of aliphatic hydroxyl groups is 1. The molecule has 0 aliphatic heterocycles. The monoisotopic (exact) mass is 227 g/mol. The van der Waals surface area contributed by atoms with Gasteiger partial charge in [0.15, 0.2) is 6.10 Å². The van der Waals surface area contributed by atoms with Crippen molar-refractivity contribution in [2.24, 2.45) is 7.05 Å². The summed E-state index contributed by atoms with van der Waals surface area (Å²) in [4.78, 5) is 21.7. The molecule has 0 saturated heterocycles. The van der Waals surface area contributed by atoms with Gasteiger partial charge in [-0.1, -0.05) is 0 Å². The molecule has 7 nitrogen and oxygen atoms in total. The second-order valence-electron chi connectivity index (χ2n) is 3.30. The van der Waals surface area contributed by atoms with Crippen molar-refractivity contribution in [2.75, 3.05) is 6.54 Å². The van der Waals surface area contributed by atoms with Gasteiger partial charge in [0.2, 0.25) is 0 Å². The minimum atomic E-state index is -1.45. The molecule has 3 N–H and O–H groups in total. The van der Waals surface area contributed by atoms with E-state index in [0.717, 1.165) is 0 Å². The van der Waals surface area contributed by atoms with Gasteiger partial charge in [-0.25, -0.2) is 4.79 Å². The zero-order valence-electron chi connectivity index (χ0n) is 8.75. The standard InChI is InChI=1S/C9H13N3O4/c1-12-5-6(4-11-12)8(14)10-3-2-7(13)9(15)16/h4-5,7,13H,2-3H2,1H3,(H,10,14)(H,15,16)/t7-/m0/s1. The molecule has 0 bridgehead atoms. The van der Waals surface area contributed by atoms with Gasteiger partial charge in [0, 0.05) is 26.2 Å². The summed E-state index contributed by atoms with van der Waals surface area (Å²) in [5.74, 6) is -1.64. The zero-order valence-corrected chi connectivity index (χ0v) is 8.75. The first-order valence-corrected chi connectivity index (χ1v) is 4.68. The van der Waals surface area contributed by atoms with Gasteiger partial charge in [0.25, 0.3) is 5.91 Å². The van der Waals surface area contributed by atoms with Crippen LogP contribution in [0.5, 0.6) is 0 Å². The number of carboxylic acid groups (broad SMARTS) is 1. The first-order chi connectivity index (χ1) is 7.50. The summed E-state index contributed by atoms with van der Waals surface area (Å²) in [6, 6.07) is 0. The number of nitrogens with zero attached hydrogens (tertiary/aromatic N) is 2. The Morgan fingerprint density at radius 1 is 1.62 bits per heavy atom. The Labute approximate surface area is 91.7 Å². The van der Waals surface area contributed by atoms with E-state index in [0.29, 0.717) is 5.56 Å². The van der Waals surface area contributed by atoms with Crippen molar-refractivity contribution in [3.05, 3.63) is 18.0 Å². The number of rotatable bonds is 5. The molecule has 88 valence electrons. The summed E-state index contributed by atoms with van der Waals surface area (Å²) in [6.45, 7) is 0.0984. The van der Waals surface area contributed by atoms with Gasteiger partial charge >= 0.3 is 5.97 Å². The van der Waals surface area contributed by atoms with Crippen molar-refractivity contribution >= 4 is 11.9 Å². The minimum absolute atomic E-state index is 0.0265. The quantitative estimate of drug-likeness (QED) is 0.597. The van der Waals surface area contributed by atoms with Crippen LogP contribution in [0.1, 0.15) is 16.8 Å². The molecule has 1 atom stereocenters. The van der Waals surface area contributed by atoms with Crippen LogP contribution < -0.4 is 5.32 Å². The van der Waals surface area contributed by atoms with Crippen LogP contribution in [0.2, 0.25) is 0 Å². The van der Waals surface area contributed by atoms with E-state index in [4.69, 9.17) is 10.2 Å². The molecule has 0 spiro atoms. The van der Waals surface area contributed by atoms with Gasteiger partial charge in [0.1, 0.15) is 0 Å². The fourth-order valence-corrected chi connectivity index (χ4v) is 1.09. The second kappa shape index (κ2) is 5.26. The summed E-state index contributed by atoms with van der Waals surface area (Å²) < 4.78 is 1.49. The maximum absolute atomic E-state index is 11.4. The lowest BCUT2D eigenvalue weighted by Gasteiger charge is -2.05. The molecule has 0 aliphatic carbocycles. The van der Waals surface area contributed by atoms with Crippen molar-refractivity contribution in [3.8, 4) is 0 Å². The largest absolute Gasteiger partial charge is 0.479 e. The number of aliphatic carboxylic acids is 1. The molecule has 0 unspecified atom stereocenters. The SMILES string of the molecule is Cn1cc(C(=O)NCC[C@H](O)C(=O)O)cn1. The molecule has 0 fully saturated rings. The van der Waals surface area contributed by atoms with Crippen molar-refractivity contribution in [1.29, 1.82) is 0 Å². The average Bonchev–Trinajstić information content (AvgIpc) is 2.64. The van der Waals surface area contributed by atoms with E-state index >= 15 is 0 Å². The van der Waals surface area contributed by atoms with E-state index in [9.17, 15) is 9.59 Å². The number of nitrogens with one attached hydrogen (secondary N) is 1. The molecule has 1 aromatic heterocycles. The molecule has 1 heterocycles. The topological polar surface area (TPSA) is 104 Å². The summed E-state index contributed by atoms with van der Waals surface area (Å²) in [7, 11) is 1.69. The molecule has 1 rings (SSSR count). The predicted molar refractivity (Wildman–Crippen MR) is 53.8 cm³/mol. The fraction of sp³-hybridized carbons (Fsp3) is 0.444. The summed E-state index contributed by atoms with van der Waals surface area (Å²) in [6.07, 6.45) is 1.47. The highest BCUT2D eigenvalue weighted by molar-refractivity contribution is 5.93. The lowest BCUT2D eigenvalue weighted by Crippen LogP contribution is -2.29. The van der Waals surface area contributed by atoms with Crippen molar-refractivity contribution in [1.82, 2.24) is 15.1 Å². The van der Waals surface area contributed by atoms with Crippen LogP contribution in [0.15, 0.2) is 12.4 Å². The van der Waals surface area contributed by atoms with Gasteiger partial charge in [0.05, 0.1) is 11.8 Å². The molecule has 0 aromatic carbocycles. The number of carbonyl (C=O) groups is 2. The highest BCUT2D eigenvalue weighted by Gasteiger charge is 2.13. The maximum Gasteiger partial charge on any atom is 0.332 e. The van der Waals surface area contributed by atoms with Crippen LogP contribution >= 0.6 is 0 Å². The smallest absolute Gasteiger partial charge is 0.332 e. The molecule has 0 saturated carbocycles. The first-order valence-electron chi connectivity index (χ1n) is 4.68. The molecule has 7 heteroatoms. The number of aromatic nitrogens is 2. The van der Waals surface area contributed by atoms with E-state index in [1.807, 2.05) is 0 Å². The highest BCUT2D eigenvalue weighted by atomic mass is 16.4. The Morgan fingerprint density at radius 3 is 2.81 bits per heavy atom. The van der Waals surface area contributed by atoms with Crippen LogP contribution in [0, 0.1) is 0 Å². The zero-order chi connectivity index (χ0) is 12.1. The number of amides is 1. The maximum atomic E-state index is 11.4. The van der Waals surface area contributed by atoms with E-state index in [-0.39, 0.29) is 18.9 Å². The van der Waals surface area contributed by atoms with Gasteiger partial charge in [-0.3, -0.25) is 9.48 Å². The number of carboxylic acids is 1. The van der Waals surface area contributed by atoms with Crippen molar-refractivity contribution in [3.63, 3.8) is 0 Å². The lowest BCUT2D eigenvalue weighted by atomic mass is 10.2. The Balaban J connectivity index is 2.34. The third kappa shape index (κ3) is 3.35. The van der Waals surface area contributed by atoms with Crippen LogP contribution in [-0.4, -0.2) is 44.5 Å². The molecule has 1 aromatic rings. The summed E-state index contributed by atoms with van der Waals surface area (Å²) in [5, 5.41) is 23.6. The third-order valence-corrected chi connectivity index (χ3v) is 1.96. The summed E-state index contributed by atoms with van der Waals surface area (Å²) in [5.41, 5.74) is 0.396. The van der Waals surface area contributed by atoms with Crippen LogP contribution in [0.4, 0.5) is 0 Å². The third-order valence-electron chi connectivity index (χ3n) is 1.96. The Morgan fingerprint density at radius 2 is 2.31 bits per heavy atom. The normalized spacial score (nSPS) is 12.1. The molecule has 16 heavy (non-hydrogen) atoms. The van der Waals surface area contributed by atoms with Crippen molar-refractivity contribution in [2.45, 2.75) is 12.5 Å². The number of hydrogen-bond donors (Lipinski definition) is 3. The van der Waals surface area contributed by atoms with Gasteiger partial charge in [-0.05, 0) is 0 Å². The fourth-order valence-electron chi connectivity index (χ4n) is 1.09. The lowest BCUT2D eigenvalue weighted by molar-refractivity contribution is -0.146. The minimum Gasteiger partial charge on any atom is -0.479 e. The van der Waals surface area contributed by atoms with Gasteiger partial charge < -0.3 is 15.5 Å². The molecule has 0 radical (unpaired) electrons. The van der Waals surface area contributed by atoms with Crippen molar-refractivity contribution < 1.29 is 19.8 Å². The van der Waals surface area contributed by atoms with E-state index in [1.54, 1.807) is 13.2 Å². The van der Waals surface area contributed by atoms with E-state index in [1.165, 1.54) is 10.9 Å². The summed E-state index contributed by atoms with van der Waals surface area (Å²) >= 11 is 0. The number of hydrogen-bond acceptors (Lipinski definition) is 4. The highest BCUT2D eigenvalue weighted by Crippen LogP contribution is 1.96.